The maximum atomic E-state index is 12.5. The number of aliphatic hydroxyl groups is 1. The van der Waals surface area contributed by atoms with Crippen LogP contribution in [0.25, 0.3) is 0 Å². The first-order valence-corrected chi connectivity index (χ1v) is 22.4. The molecule has 0 spiro atoms. The Labute approximate surface area is 282 Å². The number of rotatable bonds is 13. The number of ether oxygens (including phenoxy) is 4. The van der Waals surface area contributed by atoms with Crippen molar-refractivity contribution in [3.05, 3.63) is 33.1 Å². The van der Waals surface area contributed by atoms with E-state index in [-0.39, 0.29) is 35.4 Å². The summed E-state index contributed by atoms with van der Waals surface area (Å²) >= 11 is 1.48. The SMILES string of the molecule is CSCO[C@H]1C2O[Si](C(C)C)(C(C)C)O[Si](C(C)C)(C(C)C)OC[C@H]2O[C@H]1OC[C@H]1O[C@@H](n2ccc(=O)[nH]c2=O)[C@H](O)[C@@H]1O[P+](=O)O. The molecular weight excluding hydrogens is 692 g/mol. The third kappa shape index (κ3) is 8.06. The molecule has 0 bridgehead atoms. The van der Waals surface area contributed by atoms with Crippen molar-refractivity contribution in [1.29, 1.82) is 0 Å². The van der Waals surface area contributed by atoms with Gasteiger partial charge in [-0.05, 0) is 28.4 Å². The maximum absolute atomic E-state index is 12.5. The summed E-state index contributed by atoms with van der Waals surface area (Å²) < 4.78 is 64.1. The van der Waals surface area contributed by atoms with Gasteiger partial charge in [-0.1, -0.05) is 55.4 Å². The summed E-state index contributed by atoms with van der Waals surface area (Å²) in [6.45, 7) is 17.0. The van der Waals surface area contributed by atoms with E-state index in [2.05, 4.69) is 60.4 Å². The molecule has 9 atom stereocenters. The summed E-state index contributed by atoms with van der Waals surface area (Å²) in [5.41, 5.74) is -1.01. The Hall–Kier alpha value is -0.836. The van der Waals surface area contributed by atoms with Crippen LogP contribution in [-0.2, 0) is 41.0 Å². The third-order valence-corrected chi connectivity index (χ3v) is 20.1. The van der Waals surface area contributed by atoms with Crippen LogP contribution < -0.4 is 11.2 Å². The predicted octanol–water partition coefficient (Wildman–Crippen LogP) is 3.23. The van der Waals surface area contributed by atoms with Crippen LogP contribution in [0.5, 0.6) is 0 Å². The summed E-state index contributed by atoms with van der Waals surface area (Å²) in [6.07, 6.45) is -5.09. The van der Waals surface area contributed by atoms with Gasteiger partial charge in [0.2, 0.25) is 0 Å². The molecular formula is C28H50N2O13PSSi2+. The highest BCUT2D eigenvalue weighted by Crippen LogP contribution is 2.48. The van der Waals surface area contributed by atoms with Crippen LogP contribution in [0.1, 0.15) is 61.6 Å². The lowest BCUT2D eigenvalue weighted by molar-refractivity contribution is -0.195. The molecule has 0 saturated carbocycles. The fraction of sp³-hybridized carbons (Fsp3) is 0.857. The summed E-state index contributed by atoms with van der Waals surface area (Å²) in [5, 5.41) is 11.0. The van der Waals surface area contributed by atoms with Crippen LogP contribution in [0, 0.1) is 0 Å². The highest BCUT2D eigenvalue weighted by atomic mass is 32.2. The molecule has 3 aliphatic heterocycles. The fourth-order valence-electron chi connectivity index (χ4n) is 6.70. The minimum Gasteiger partial charge on any atom is -0.414 e. The summed E-state index contributed by atoms with van der Waals surface area (Å²) in [5.74, 6) is 0.323. The first-order chi connectivity index (χ1) is 22.1. The second-order valence-electron chi connectivity index (χ2n) is 13.4. The molecule has 0 aliphatic carbocycles. The van der Waals surface area contributed by atoms with E-state index in [0.29, 0.717) is 5.94 Å². The van der Waals surface area contributed by atoms with Gasteiger partial charge < -0.3 is 37.0 Å². The van der Waals surface area contributed by atoms with Gasteiger partial charge in [0.15, 0.2) is 18.6 Å². The minimum atomic E-state index is -3.16. The van der Waals surface area contributed by atoms with Crippen LogP contribution in [-0.4, -0.2) is 105 Å². The number of fused-ring (bicyclic) bond motifs is 1. The molecule has 3 saturated heterocycles. The number of aromatic amines is 1. The lowest BCUT2D eigenvalue weighted by Gasteiger charge is -2.51. The van der Waals surface area contributed by atoms with Gasteiger partial charge in [0.25, 0.3) is 5.56 Å². The summed E-state index contributed by atoms with van der Waals surface area (Å²) in [4.78, 5) is 35.7. The zero-order chi connectivity index (χ0) is 34.8. The molecule has 2 unspecified atom stereocenters. The average molecular weight is 742 g/mol. The number of H-pyrrole nitrogens is 1. The van der Waals surface area contributed by atoms with Crippen LogP contribution >= 0.6 is 20.0 Å². The maximum Gasteiger partial charge on any atom is 0.695 e. The zero-order valence-corrected chi connectivity index (χ0v) is 32.1. The monoisotopic (exact) mass is 741 g/mol. The van der Waals surface area contributed by atoms with Crippen LogP contribution in [0.3, 0.4) is 0 Å². The van der Waals surface area contributed by atoms with Crippen molar-refractivity contribution < 1.29 is 51.0 Å². The molecule has 268 valence electrons. The van der Waals surface area contributed by atoms with Crippen molar-refractivity contribution in [3.63, 3.8) is 0 Å². The Bertz CT molecular complexity index is 1320. The van der Waals surface area contributed by atoms with Gasteiger partial charge in [0.1, 0.15) is 30.5 Å². The molecule has 1 aromatic rings. The molecule has 19 heteroatoms. The van der Waals surface area contributed by atoms with E-state index in [1.807, 2.05) is 6.26 Å². The van der Waals surface area contributed by atoms with E-state index in [1.165, 1.54) is 11.8 Å². The molecule has 3 fully saturated rings. The molecule has 0 radical (unpaired) electrons. The topological polar surface area (TPSA) is 186 Å². The third-order valence-electron chi connectivity index (χ3n) is 9.05. The molecule has 0 amide bonds. The minimum absolute atomic E-state index is 0.0791. The summed E-state index contributed by atoms with van der Waals surface area (Å²) in [6, 6.07) is 1.09. The van der Waals surface area contributed by atoms with E-state index in [1.54, 1.807) is 0 Å². The lowest BCUT2D eigenvalue weighted by atomic mass is 10.1. The van der Waals surface area contributed by atoms with Crippen molar-refractivity contribution in [3.8, 4) is 0 Å². The lowest BCUT2D eigenvalue weighted by Crippen LogP contribution is -2.66. The first kappa shape index (κ1) is 39.0. The van der Waals surface area contributed by atoms with Gasteiger partial charge >= 0.3 is 31.1 Å². The van der Waals surface area contributed by atoms with E-state index < -0.39 is 85.8 Å². The van der Waals surface area contributed by atoms with Gasteiger partial charge in [-0.25, -0.2) is 4.79 Å². The molecule has 4 rings (SSSR count). The second-order valence-corrected chi connectivity index (χ2v) is 23.7. The molecule has 15 nitrogen and oxygen atoms in total. The van der Waals surface area contributed by atoms with Crippen LogP contribution in [0.4, 0.5) is 0 Å². The number of nitrogens with zero attached hydrogens (tertiary/aromatic N) is 1. The standard InChI is InChI=1S/C28H49N2O13PSSi2/c1-15(2)46(16(3)4)38-13-20-24(42-47(43-46,17(5)6)18(7)8)25(37-14-45-9)27(40-20)36-12-19-23(41-44(34)35)22(32)26(39-19)30-11-10-21(31)29-28(30)33/h10-11,15-20,22-27,32H,12-14H2,1-9H3,(H-,29,31,33,34,35)/p+1/t19-,20-,22-,23-,24?,25+,26-,27-/m1/s1. The van der Waals surface area contributed by atoms with E-state index >= 15 is 0 Å². The number of hydrogen-bond acceptors (Lipinski definition) is 13. The quantitative estimate of drug-likeness (QED) is 0.152. The first-order valence-electron chi connectivity index (χ1n) is 15.9. The number of aliphatic hydroxyl groups excluding tert-OH is 1. The highest BCUT2D eigenvalue weighted by molar-refractivity contribution is 7.98. The van der Waals surface area contributed by atoms with E-state index in [0.717, 1.165) is 16.8 Å². The van der Waals surface area contributed by atoms with Crippen LogP contribution in [0.15, 0.2) is 21.9 Å². The highest BCUT2D eigenvalue weighted by Gasteiger charge is 2.62. The largest absolute Gasteiger partial charge is 0.695 e. The van der Waals surface area contributed by atoms with Gasteiger partial charge in [0, 0.05) is 16.8 Å². The molecule has 4 heterocycles. The van der Waals surface area contributed by atoms with Gasteiger partial charge in [-0.3, -0.25) is 14.3 Å². The Kier molecular flexibility index (Phi) is 13.3. The van der Waals surface area contributed by atoms with Gasteiger partial charge in [-0.15, -0.1) is 21.2 Å². The average Bonchev–Trinajstić information content (AvgIpc) is 3.45. The molecule has 3 N–H and O–H groups in total. The number of thioether (sulfide) groups is 1. The van der Waals surface area contributed by atoms with Gasteiger partial charge in [0.05, 0.1) is 19.2 Å². The van der Waals surface area contributed by atoms with Crippen molar-refractivity contribution in [1.82, 2.24) is 9.55 Å². The molecule has 1 aromatic heterocycles. The fourth-order valence-corrected chi connectivity index (χ4v) is 18.7. The van der Waals surface area contributed by atoms with Crippen molar-refractivity contribution >= 4 is 37.1 Å². The summed E-state index contributed by atoms with van der Waals surface area (Å²) in [7, 11) is -8.98. The number of nitrogens with one attached hydrogen (secondary N) is 1. The predicted molar refractivity (Wildman–Crippen MR) is 178 cm³/mol. The Morgan fingerprint density at radius 2 is 1.66 bits per heavy atom. The number of aromatic nitrogens is 2. The normalized spacial score (nSPS) is 32.6. The van der Waals surface area contributed by atoms with Gasteiger partial charge in [-0.2, -0.15) is 0 Å². The van der Waals surface area contributed by atoms with E-state index in [4.69, 9.17) is 36.4 Å². The molecule has 3 aliphatic rings. The van der Waals surface area contributed by atoms with Crippen molar-refractivity contribution in [2.45, 2.75) is 127 Å². The number of hydrogen-bond donors (Lipinski definition) is 3. The molecule has 0 aromatic carbocycles. The smallest absolute Gasteiger partial charge is 0.414 e. The second kappa shape index (κ2) is 16.0. The zero-order valence-electron chi connectivity index (χ0n) is 28.4. The van der Waals surface area contributed by atoms with Crippen molar-refractivity contribution in [2.24, 2.45) is 0 Å². The van der Waals surface area contributed by atoms with Crippen molar-refractivity contribution in [2.75, 3.05) is 25.4 Å². The Morgan fingerprint density at radius 1 is 1.02 bits per heavy atom. The van der Waals surface area contributed by atoms with Crippen LogP contribution in [0.2, 0.25) is 22.2 Å². The van der Waals surface area contributed by atoms with E-state index in [9.17, 15) is 24.2 Å². The Morgan fingerprint density at radius 3 is 2.21 bits per heavy atom. The molecule has 47 heavy (non-hydrogen) atoms. The Balaban J connectivity index is 1.64.